The molecule has 2 amide bonds. The van der Waals surface area contributed by atoms with Gasteiger partial charge in [0.25, 0.3) is 0 Å². The SMILES string of the molecule is O=C(Nc1ccc2[nH]ncc2c1)C(=O)N1CCC(F)(c2ccccc2)CC1. The molecule has 0 radical (unpaired) electrons. The number of nitrogens with zero attached hydrogens (tertiary/aromatic N) is 2. The lowest BCUT2D eigenvalue weighted by Crippen LogP contribution is -2.47. The maximum absolute atomic E-state index is 15.2. The van der Waals surface area contributed by atoms with Crippen LogP contribution in [0.1, 0.15) is 18.4 Å². The number of rotatable bonds is 2. The smallest absolute Gasteiger partial charge is 0.313 e. The van der Waals surface area contributed by atoms with Crippen LogP contribution in [-0.4, -0.2) is 40.0 Å². The molecule has 2 aromatic carbocycles. The molecule has 1 aliphatic heterocycles. The quantitative estimate of drug-likeness (QED) is 0.685. The highest BCUT2D eigenvalue weighted by molar-refractivity contribution is 6.39. The van der Waals surface area contributed by atoms with Crippen LogP contribution < -0.4 is 5.32 Å². The molecule has 7 heteroatoms. The summed E-state index contributed by atoms with van der Waals surface area (Å²) in [6, 6.07) is 14.2. The first-order chi connectivity index (χ1) is 13.0. The number of carbonyl (C=O) groups is 2. The van der Waals surface area contributed by atoms with E-state index in [9.17, 15) is 9.59 Å². The molecule has 1 aromatic heterocycles. The Hall–Kier alpha value is -3.22. The van der Waals surface area contributed by atoms with Gasteiger partial charge in [-0.3, -0.25) is 14.7 Å². The number of hydrogen-bond donors (Lipinski definition) is 2. The third-order valence-corrected chi connectivity index (χ3v) is 5.03. The molecule has 1 fully saturated rings. The zero-order valence-corrected chi connectivity index (χ0v) is 14.6. The fourth-order valence-corrected chi connectivity index (χ4v) is 3.44. The number of nitrogens with one attached hydrogen (secondary N) is 2. The van der Waals surface area contributed by atoms with Crippen molar-refractivity contribution >= 4 is 28.4 Å². The number of H-pyrrole nitrogens is 1. The molecule has 0 bridgehead atoms. The van der Waals surface area contributed by atoms with E-state index in [2.05, 4.69) is 15.5 Å². The van der Waals surface area contributed by atoms with Gasteiger partial charge in [-0.15, -0.1) is 0 Å². The van der Waals surface area contributed by atoms with Crippen LogP contribution in [0.2, 0.25) is 0 Å². The summed E-state index contributed by atoms with van der Waals surface area (Å²) in [6.07, 6.45) is 2.00. The fourth-order valence-electron chi connectivity index (χ4n) is 3.44. The number of aromatic nitrogens is 2. The van der Waals surface area contributed by atoms with Crippen LogP contribution >= 0.6 is 0 Å². The van der Waals surface area contributed by atoms with Crippen LogP contribution in [0.25, 0.3) is 10.9 Å². The van der Waals surface area contributed by atoms with Crippen molar-refractivity contribution in [1.29, 1.82) is 0 Å². The van der Waals surface area contributed by atoms with Crippen molar-refractivity contribution in [2.24, 2.45) is 0 Å². The minimum atomic E-state index is -1.46. The topological polar surface area (TPSA) is 78.1 Å². The van der Waals surface area contributed by atoms with Crippen molar-refractivity contribution < 1.29 is 14.0 Å². The van der Waals surface area contributed by atoms with Crippen LogP contribution in [0.3, 0.4) is 0 Å². The number of alkyl halides is 1. The largest absolute Gasteiger partial charge is 0.334 e. The van der Waals surface area contributed by atoms with Gasteiger partial charge in [-0.25, -0.2) is 4.39 Å². The highest BCUT2D eigenvalue weighted by atomic mass is 19.1. The Labute approximate surface area is 155 Å². The van der Waals surface area contributed by atoms with Gasteiger partial charge in [-0.05, 0) is 23.8 Å². The zero-order chi connectivity index (χ0) is 18.9. The van der Waals surface area contributed by atoms with Gasteiger partial charge < -0.3 is 10.2 Å². The van der Waals surface area contributed by atoms with Gasteiger partial charge in [0.1, 0.15) is 5.67 Å². The average Bonchev–Trinajstić information content (AvgIpc) is 3.16. The maximum atomic E-state index is 15.2. The molecule has 27 heavy (non-hydrogen) atoms. The number of piperidine rings is 1. The number of amides is 2. The number of carbonyl (C=O) groups excluding carboxylic acids is 2. The first-order valence-electron chi connectivity index (χ1n) is 8.83. The summed E-state index contributed by atoms with van der Waals surface area (Å²) in [6.45, 7) is 0.414. The van der Waals surface area contributed by atoms with Crippen LogP contribution in [0, 0.1) is 0 Å². The predicted octanol–water partition coefficient (Wildman–Crippen LogP) is 2.99. The Morgan fingerprint density at radius 2 is 1.85 bits per heavy atom. The fraction of sp³-hybridized carbons (Fsp3) is 0.250. The van der Waals surface area contributed by atoms with Gasteiger partial charge in [0.05, 0.1) is 11.7 Å². The summed E-state index contributed by atoms with van der Waals surface area (Å²) in [5, 5.41) is 10.2. The Bertz CT molecular complexity index is 978. The number of hydrogen-bond acceptors (Lipinski definition) is 3. The lowest BCUT2D eigenvalue weighted by molar-refractivity contribution is -0.145. The molecule has 0 spiro atoms. The molecular formula is C20H19FN4O2. The second kappa shape index (κ2) is 6.83. The minimum absolute atomic E-state index is 0.178. The number of benzene rings is 2. The highest BCUT2D eigenvalue weighted by Gasteiger charge is 2.38. The van der Waals surface area contributed by atoms with E-state index in [0.29, 0.717) is 11.3 Å². The summed E-state index contributed by atoms with van der Waals surface area (Å²) in [7, 11) is 0. The minimum Gasteiger partial charge on any atom is -0.334 e. The molecule has 4 rings (SSSR count). The summed E-state index contributed by atoms with van der Waals surface area (Å²) in [5.41, 5.74) is 0.523. The Balaban J connectivity index is 1.39. The lowest BCUT2D eigenvalue weighted by atomic mass is 9.86. The van der Waals surface area contributed by atoms with E-state index in [1.165, 1.54) is 4.90 Å². The van der Waals surface area contributed by atoms with Gasteiger partial charge in [0, 0.05) is 37.0 Å². The van der Waals surface area contributed by atoms with Crippen molar-refractivity contribution in [3.63, 3.8) is 0 Å². The number of halogens is 1. The molecule has 3 aromatic rings. The van der Waals surface area contributed by atoms with E-state index in [4.69, 9.17) is 0 Å². The van der Waals surface area contributed by atoms with Gasteiger partial charge in [-0.2, -0.15) is 5.10 Å². The number of likely N-dealkylation sites (tertiary alicyclic amines) is 1. The van der Waals surface area contributed by atoms with E-state index >= 15 is 4.39 Å². The Morgan fingerprint density at radius 3 is 2.59 bits per heavy atom. The summed E-state index contributed by atoms with van der Waals surface area (Å²) >= 11 is 0. The first kappa shape index (κ1) is 17.2. The second-order valence-electron chi connectivity index (χ2n) is 6.75. The van der Waals surface area contributed by atoms with E-state index in [1.54, 1.807) is 48.7 Å². The van der Waals surface area contributed by atoms with Crippen LogP contribution in [-0.2, 0) is 15.3 Å². The molecule has 1 saturated heterocycles. The molecular weight excluding hydrogens is 347 g/mol. The second-order valence-corrected chi connectivity index (χ2v) is 6.75. The third-order valence-electron chi connectivity index (χ3n) is 5.03. The number of fused-ring (bicyclic) bond motifs is 1. The molecule has 0 unspecified atom stereocenters. The van der Waals surface area contributed by atoms with Crippen molar-refractivity contribution in [3.05, 3.63) is 60.3 Å². The van der Waals surface area contributed by atoms with Crippen molar-refractivity contribution in [3.8, 4) is 0 Å². The number of aromatic amines is 1. The zero-order valence-electron chi connectivity index (χ0n) is 14.6. The van der Waals surface area contributed by atoms with Crippen molar-refractivity contribution in [2.45, 2.75) is 18.5 Å². The van der Waals surface area contributed by atoms with Gasteiger partial charge in [-0.1, -0.05) is 30.3 Å². The summed E-state index contributed by atoms with van der Waals surface area (Å²) in [4.78, 5) is 26.1. The third kappa shape index (κ3) is 3.40. The monoisotopic (exact) mass is 366 g/mol. The molecule has 0 atom stereocenters. The molecule has 1 aliphatic rings. The Kier molecular flexibility index (Phi) is 4.35. The summed E-state index contributed by atoms with van der Waals surface area (Å²) in [5.74, 6) is -1.36. The highest BCUT2D eigenvalue weighted by Crippen LogP contribution is 2.36. The molecule has 2 N–H and O–H groups in total. The van der Waals surface area contributed by atoms with E-state index in [-0.39, 0.29) is 25.9 Å². The van der Waals surface area contributed by atoms with Crippen molar-refractivity contribution in [2.75, 3.05) is 18.4 Å². The molecule has 138 valence electrons. The van der Waals surface area contributed by atoms with Gasteiger partial charge in [0.15, 0.2) is 0 Å². The summed E-state index contributed by atoms with van der Waals surface area (Å²) < 4.78 is 15.2. The van der Waals surface area contributed by atoms with Crippen LogP contribution in [0.15, 0.2) is 54.7 Å². The van der Waals surface area contributed by atoms with Crippen LogP contribution in [0.4, 0.5) is 10.1 Å². The number of anilines is 1. The molecule has 2 heterocycles. The van der Waals surface area contributed by atoms with Gasteiger partial charge >= 0.3 is 11.8 Å². The van der Waals surface area contributed by atoms with Gasteiger partial charge in [0.2, 0.25) is 0 Å². The predicted molar refractivity (Wildman–Crippen MR) is 99.8 cm³/mol. The standard InChI is InChI=1S/C20H19FN4O2/c21-20(15-4-2-1-3-5-15)8-10-25(11-9-20)19(27)18(26)23-16-6-7-17-14(12-16)13-22-24-17/h1-7,12-13H,8-11H2,(H,22,24)(H,23,26). The normalized spacial score (nSPS) is 16.3. The average molecular weight is 366 g/mol. The van der Waals surface area contributed by atoms with Crippen molar-refractivity contribution in [1.82, 2.24) is 15.1 Å². The maximum Gasteiger partial charge on any atom is 0.313 e. The van der Waals surface area contributed by atoms with E-state index in [0.717, 1.165) is 10.9 Å². The van der Waals surface area contributed by atoms with E-state index < -0.39 is 17.5 Å². The lowest BCUT2D eigenvalue weighted by Gasteiger charge is -2.36. The Morgan fingerprint density at radius 1 is 1.11 bits per heavy atom. The first-order valence-corrected chi connectivity index (χ1v) is 8.83. The van der Waals surface area contributed by atoms with Crippen LogP contribution in [0.5, 0.6) is 0 Å². The molecule has 0 aliphatic carbocycles. The molecule has 0 saturated carbocycles. The van der Waals surface area contributed by atoms with E-state index in [1.807, 2.05) is 6.07 Å². The molecule has 6 nitrogen and oxygen atoms in total.